The smallest absolute Gasteiger partial charge is 0.234 e. The molecule has 0 amide bonds. The van der Waals surface area contributed by atoms with Crippen molar-refractivity contribution >= 4 is 0 Å². The maximum Gasteiger partial charge on any atom is 0.422 e. The minimum absolute atomic E-state index is 0.562. The summed E-state index contributed by atoms with van der Waals surface area (Å²) in [4.78, 5) is 0. The minimum atomic E-state index is -4.79. The monoisotopic (exact) mass is 172 g/mol. The van der Waals surface area contributed by atoms with E-state index in [9.17, 15) is 17.6 Å². The summed E-state index contributed by atoms with van der Waals surface area (Å²) in [6, 6.07) is 0. The summed E-state index contributed by atoms with van der Waals surface area (Å²) in [6.07, 6.45) is -4.79. The Morgan fingerprint density at radius 1 is 0.727 bits per heavy atom. The fourth-order valence-electron chi connectivity index (χ4n) is 0.425. The lowest BCUT2D eigenvalue weighted by atomic mass is 9.79. The highest BCUT2D eigenvalue weighted by atomic mass is 19.4. The van der Waals surface area contributed by atoms with E-state index < -0.39 is 17.3 Å². The molecular weight excluding hydrogens is 160 g/mol. The predicted molar refractivity (Wildman–Crippen MR) is 35.0 cm³/mol. The largest absolute Gasteiger partial charge is 0.422 e. The number of hydrogen-bond donors (Lipinski definition) is 0. The van der Waals surface area contributed by atoms with Crippen molar-refractivity contribution in [2.75, 3.05) is 0 Å². The van der Waals surface area contributed by atoms with Crippen molar-refractivity contribution in [2.24, 2.45) is 5.41 Å². The predicted octanol–water partition coefficient (Wildman–Crippen LogP) is 3.32. The van der Waals surface area contributed by atoms with Crippen LogP contribution in [0.3, 0.4) is 0 Å². The highest BCUT2D eigenvalue weighted by Crippen LogP contribution is 2.45. The fraction of sp³-hybridized carbons (Fsp3) is 1.00. The van der Waals surface area contributed by atoms with Crippen LogP contribution in [0.4, 0.5) is 17.6 Å². The van der Waals surface area contributed by atoms with Crippen LogP contribution in [0.1, 0.15) is 27.7 Å². The number of alkyl halides is 4. The molecule has 0 spiro atoms. The van der Waals surface area contributed by atoms with Crippen LogP contribution in [-0.2, 0) is 0 Å². The van der Waals surface area contributed by atoms with Gasteiger partial charge in [0, 0.05) is 5.41 Å². The molecule has 68 valence electrons. The van der Waals surface area contributed by atoms with Crippen molar-refractivity contribution in [2.45, 2.75) is 39.5 Å². The van der Waals surface area contributed by atoms with E-state index in [-0.39, 0.29) is 0 Å². The van der Waals surface area contributed by atoms with Crippen molar-refractivity contribution in [1.82, 2.24) is 0 Å². The fourth-order valence-corrected chi connectivity index (χ4v) is 0.425. The Balaban J connectivity index is 4.75. The molecule has 0 aliphatic heterocycles. The van der Waals surface area contributed by atoms with E-state index in [4.69, 9.17) is 0 Å². The first-order valence-corrected chi connectivity index (χ1v) is 3.26. The normalized spacial score (nSPS) is 19.6. The van der Waals surface area contributed by atoms with Gasteiger partial charge >= 0.3 is 6.18 Å². The molecule has 0 aromatic carbocycles. The lowest BCUT2D eigenvalue weighted by molar-refractivity contribution is -0.255. The molecule has 0 bridgehead atoms. The molecule has 0 fully saturated rings. The second-order valence-electron chi connectivity index (χ2n) is 3.75. The molecule has 1 unspecified atom stereocenters. The van der Waals surface area contributed by atoms with Gasteiger partial charge in [0.15, 0.2) is 0 Å². The van der Waals surface area contributed by atoms with Crippen LogP contribution in [0.5, 0.6) is 0 Å². The van der Waals surface area contributed by atoms with E-state index in [1.807, 2.05) is 0 Å². The Morgan fingerprint density at radius 3 is 1.00 bits per heavy atom. The van der Waals surface area contributed by atoms with Gasteiger partial charge in [-0.2, -0.15) is 13.2 Å². The van der Waals surface area contributed by atoms with E-state index in [0.717, 1.165) is 0 Å². The summed E-state index contributed by atoms with van der Waals surface area (Å²) in [5.41, 5.74) is -4.54. The zero-order chi connectivity index (χ0) is 9.50. The molecule has 0 aliphatic carbocycles. The molecule has 0 saturated carbocycles. The van der Waals surface area contributed by atoms with E-state index >= 15 is 0 Å². The van der Waals surface area contributed by atoms with Crippen LogP contribution >= 0.6 is 0 Å². The first-order valence-electron chi connectivity index (χ1n) is 3.26. The van der Waals surface area contributed by atoms with Crippen molar-refractivity contribution in [3.05, 3.63) is 0 Å². The molecule has 0 aromatic rings. The van der Waals surface area contributed by atoms with Gasteiger partial charge in [0.1, 0.15) is 0 Å². The second-order valence-corrected chi connectivity index (χ2v) is 3.75. The maximum absolute atomic E-state index is 13.0. The number of rotatable bonds is 0. The molecular formula is C7H12F4. The quantitative estimate of drug-likeness (QED) is 0.491. The third kappa shape index (κ3) is 1.84. The number of halogens is 4. The van der Waals surface area contributed by atoms with Crippen molar-refractivity contribution in [3.8, 4) is 0 Å². The van der Waals surface area contributed by atoms with Crippen LogP contribution in [0, 0.1) is 5.41 Å². The zero-order valence-corrected chi connectivity index (χ0v) is 7.01. The molecule has 0 rings (SSSR count). The highest BCUT2D eigenvalue weighted by Gasteiger charge is 2.59. The molecule has 11 heavy (non-hydrogen) atoms. The highest BCUT2D eigenvalue weighted by molar-refractivity contribution is 4.93. The molecule has 0 aliphatic rings. The zero-order valence-electron chi connectivity index (χ0n) is 7.01. The van der Waals surface area contributed by atoms with E-state index in [0.29, 0.717) is 6.92 Å². The van der Waals surface area contributed by atoms with Crippen LogP contribution in [0.15, 0.2) is 0 Å². The molecule has 0 nitrogen and oxygen atoms in total. The lowest BCUT2D eigenvalue weighted by Crippen LogP contribution is -2.48. The summed E-state index contributed by atoms with van der Waals surface area (Å²) >= 11 is 0. The van der Waals surface area contributed by atoms with Gasteiger partial charge in [0.05, 0.1) is 0 Å². The SMILES string of the molecule is CC(C)(C)C(C)(F)C(F)(F)F. The standard InChI is InChI=1S/C7H12F4/c1-5(2,3)6(4,8)7(9,10)11/h1-4H3. The Hall–Kier alpha value is -0.280. The van der Waals surface area contributed by atoms with Gasteiger partial charge in [-0.05, 0) is 6.92 Å². The van der Waals surface area contributed by atoms with Gasteiger partial charge in [0.25, 0.3) is 0 Å². The second kappa shape index (κ2) is 2.35. The average Bonchev–Trinajstić information content (AvgIpc) is 1.58. The number of hydrogen-bond acceptors (Lipinski definition) is 0. The summed E-state index contributed by atoms with van der Waals surface area (Å²) in [7, 11) is 0. The molecule has 0 radical (unpaired) electrons. The van der Waals surface area contributed by atoms with E-state index in [1.165, 1.54) is 20.8 Å². The summed E-state index contributed by atoms with van der Waals surface area (Å²) in [5.74, 6) is 0. The maximum atomic E-state index is 13.0. The molecule has 0 heterocycles. The van der Waals surface area contributed by atoms with E-state index in [2.05, 4.69) is 0 Å². The van der Waals surface area contributed by atoms with Gasteiger partial charge in [-0.1, -0.05) is 20.8 Å². The Labute approximate surface area is 63.6 Å². The van der Waals surface area contributed by atoms with Gasteiger partial charge in [-0.15, -0.1) is 0 Å². The first-order chi connectivity index (χ1) is 4.50. The van der Waals surface area contributed by atoms with Crippen molar-refractivity contribution < 1.29 is 17.6 Å². The van der Waals surface area contributed by atoms with Crippen LogP contribution < -0.4 is 0 Å². The Kier molecular flexibility index (Phi) is 2.29. The molecule has 0 N–H and O–H groups in total. The third-order valence-electron chi connectivity index (χ3n) is 1.94. The van der Waals surface area contributed by atoms with Gasteiger partial charge in [0.2, 0.25) is 5.67 Å². The summed E-state index contributed by atoms with van der Waals surface area (Å²) < 4.78 is 48.8. The molecule has 1 atom stereocenters. The first kappa shape index (κ1) is 10.7. The van der Waals surface area contributed by atoms with Crippen LogP contribution in [-0.4, -0.2) is 11.8 Å². The third-order valence-corrected chi connectivity index (χ3v) is 1.94. The van der Waals surface area contributed by atoms with Crippen molar-refractivity contribution in [3.63, 3.8) is 0 Å². The summed E-state index contributed by atoms with van der Waals surface area (Å²) in [5, 5.41) is 0. The molecule has 0 saturated heterocycles. The van der Waals surface area contributed by atoms with Crippen LogP contribution in [0.2, 0.25) is 0 Å². The Morgan fingerprint density at radius 2 is 1.00 bits per heavy atom. The van der Waals surface area contributed by atoms with Crippen molar-refractivity contribution in [1.29, 1.82) is 0 Å². The molecule has 4 heteroatoms. The van der Waals surface area contributed by atoms with Gasteiger partial charge in [-0.3, -0.25) is 0 Å². The Bertz CT molecular complexity index is 122. The minimum Gasteiger partial charge on any atom is -0.234 e. The average molecular weight is 172 g/mol. The van der Waals surface area contributed by atoms with Crippen LogP contribution in [0.25, 0.3) is 0 Å². The van der Waals surface area contributed by atoms with Gasteiger partial charge < -0.3 is 0 Å². The summed E-state index contributed by atoms with van der Waals surface area (Å²) in [6.45, 7) is 4.23. The lowest BCUT2D eigenvalue weighted by Gasteiger charge is -2.35. The molecule has 0 aromatic heterocycles. The topological polar surface area (TPSA) is 0 Å². The van der Waals surface area contributed by atoms with E-state index in [1.54, 1.807) is 0 Å². The van der Waals surface area contributed by atoms with Gasteiger partial charge in [-0.25, -0.2) is 4.39 Å².